The van der Waals surface area contributed by atoms with Gasteiger partial charge in [-0.05, 0) is 83.1 Å². The van der Waals surface area contributed by atoms with Crippen LogP contribution < -0.4 is 33.2 Å². The monoisotopic (exact) mass is 550 g/mol. The Kier molecular flexibility index (Phi) is 11.1. The standard InChI is InChI=1S/C30H46O9/c1-15(2)33-23-13-21(31)25(35-17(5)6)29(37-19(9)10)27(23)39-28-24(34-16(3)4)14-22(32)26(36-18(7)8)30(28)38-20(11)12/h13-20,31-32H,1-12H3. The van der Waals surface area contributed by atoms with Gasteiger partial charge in [0.15, 0.2) is 23.0 Å². The van der Waals surface area contributed by atoms with E-state index in [0.717, 1.165) is 0 Å². The van der Waals surface area contributed by atoms with E-state index in [9.17, 15) is 10.2 Å². The van der Waals surface area contributed by atoms with Crippen molar-refractivity contribution in [2.45, 2.75) is 120 Å². The molecule has 2 rings (SSSR count). The molecule has 2 N–H and O–H groups in total. The van der Waals surface area contributed by atoms with Crippen LogP contribution >= 0.6 is 0 Å². The first-order valence-corrected chi connectivity index (χ1v) is 13.6. The fraction of sp³-hybridized carbons (Fsp3) is 0.600. The minimum absolute atomic E-state index is 0.111. The second-order valence-corrected chi connectivity index (χ2v) is 10.9. The number of phenols is 2. The Morgan fingerprint density at radius 1 is 0.385 bits per heavy atom. The molecule has 2 aromatic rings. The first-order chi connectivity index (χ1) is 18.1. The van der Waals surface area contributed by atoms with Crippen LogP contribution in [0.1, 0.15) is 83.1 Å². The molecule has 0 aliphatic rings. The zero-order valence-electron chi connectivity index (χ0n) is 25.4. The molecule has 220 valence electrons. The fourth-order valence-electron chi connectivity index (χ4n) is 3.54. The molecule has 0 radical (unpaired) electrons. The predicted octanol–water partition coefficient (Wildman–Crippen LogP) is 7.61. The summed E-state index contributed by atoms with van der Waals surface area (Å²) in [4.78, 5) is 0. The lowest BCUT2D eigenvalue weighted by molar-refractivity contribution is 0.169. The average molecular weight is 551 g/mol. The quantitative estimate of drug-likeness (QED) is 0.246. The smallest absolute Gasteiger partial charge is 0.215 e. The van der Waals surface area contributed by atoms with Gasteiger partial charge in [0.2, 0.25) is 34.5 Å². The summed E-state index contributed by atoms with van der Waals surface area (Å²) in [6, 6.07) is 2.86. The van der Waals surface area contributed by atoms with Crippen LogP contribution in [0.4, 0.5) is 0 Å². The Bertz CT molecular complexity index is 1000. The molecule has 39 heavy (non-hydrogen) atoms. The minimum Gasteiger partial charge on any atom is -0.504 e. The zero-order chi connectivity index (χ0) is 29.6. The summed E-state index contributed by atoms with van der Waals surface area (Å²) in [5, 5.41) is 21.8. The van der Waals surface area contributed by atoms with E-state index in [4.69, 9.17) is 33.2 Å². The molecular formula is C30H46O9. The van der Waals surface area contributed by atoms with Crippen LogP contribution in [0.2, 0.25) is 0 Å². The Morgan fingerprint density at radius 2 is 0.641 bits per heavy atom. The molecule has 0 saturated carbocycles. The first kappa shape index (κ1) is 31.9. The van der Waals surface area contributed by atoms with Crippen molar-refractivity contribution in [3.63, 3.8) is 0 Å². The van der Waals surface area contributed by atoms with E-state index in [-0.39, 0.29) is 94.1 Å². The van der Waals surface area contributed by atoms with Gasteiger partial charge in [0.05, 0.1) is 36.6 Å². The number of hydrogen-bond acceptors (Lipinski definition) is 9. The van der Waals surface area contributed by atoms with Crippen LogP contribution in [-0.2, 0) is 0 Å². The number of hydrogen-bond donors (Lipinski definition) is 2. The third-order valence-corrected chi connectivity index (χ3v) is 4.62. The number of ether oxygens (including phenoxy) is 7. The summed E-state index contributed by atoms with van der Waals surface area (Å²) >= 11 is 0. The molecule has 0 aliphatic heterocycles. The molecule has 0 heterocycles. The van der Waals surface area contributed by atoms with Gasteiger partial charge in [0.25, 0.3) is 0 Å². The number of rotatable bonds is 14. The highest BCUT2D eigenvalue weighted by Gasteiger charge is 2.31. The van der Waals surface area contributed by atoms with Gasteiger partial charge in [-0.15, -0.1) is 0 Å². The molecule has 9 heteroatoms. The van der Waals surface area contributed by atoms with E-state index in [1.807, 2.05) is 83.1 Å². The maximum atomic E-state index is 10.9. The van der Waals surface area contributed by atoms with Crippen molar-refractivity contribution in [1.82, 2.24) is 0 Å². The van der Waals surface area contributed by atoms with Crippen molar-refractivity contribution in [3.05, 3.63) is 12.1 Å². The number of aromatic hydroxyl groups is 2. The molecule has 9 nitrogen and oxygen atoms in total. The third kappa shape index (κ3) is 8.83. The van der Waals surface area contributed by atoms with Crippen molar-refractivity contribution >= 4 is 0 Å². The third-order valence-electron chi connectivity index (χ3n) is 4.62. The Hall–Kier alpha value is -3.36. The Labute approximate surface area is 232 Å². The molecule has 0 bridgehead atoms. The molecule has 0 aromatic heterocycles. The molecule has 2 aromatic carbocycles. The van der Waals surface area contributed by atoms with Crippen LogP contribution in [0.15, 0.2) is 12.1 Å². The van der Waals surface area contributed by atoms with Gasteiger partial charge in [-0.2, -0.15) is 0 Å². The molecule has 0 unspecified atom stereocenters. The second-order valence-electron chi connectivity index (χ2n) is 10.9. The summed E-state index contributed by atoms with van der Waals surface area (Å²) in [6.45, 7) is 22.2. The SMILES string of the molecule is CC(C)Oc1cc(O)c(OC(C)C)c(OC(C)C)c1Oc1c(OC(C)C)cc(O)c(OC(C)C)c1OC(C)C. The van der Waals surface area contributed by atoms with Crippen molar-refractivity contribution in [2.75, 3.05) is 0 Å². The fourth-order valence-corrected chi connectivity index (χ4v) is 3.54. The largest absolute Gasteiger partial charge is 0.504 e. The summed E-state index contributed by atoms with van der Waals surface area (Å²) in [5.41, 5.74) is 0. The number of phenolic OH excluding ortho intramolecular Hbond substituents is 2. The van der Waals surface area contributed by atoms with Crippen molar-refractivity contribution in [2.24, 2.45) is 0 Å². The van der Waals surface area contributed by atoms with Crippen molar-refractivity contribution in [3.8, 4) is 57.5 Å². The average Bonchev–Trinajstić information content (AvgIpc) is 2.76. The number of benzene rings is 2. The molecule has 0 saturated heterocycles. The van der Waals surface area contributed by atoms with E-state index in [2.05, 4.69) is 0 Å². The topological polar surface area (TPSA) is 105 Å². The predicted molar refractivity (Wildman–Crippen MR) is 151 cm³/mol. The molecule has 0 spiro atoms. The van der Waals surface area contributed by atoms with Gasteiger partial charge >= 0.3 is 0 Å². The second kappa shape index (κ2) is 13.6. The minimum atomic E-state index is -0.298. The van der Waals surface area contributed by atoms with Crippen LogP contribution in [0.3, 0.4) is 0 Å². The van der Waals surface area contributed by atoms with Gasteiger partial charge in [0.1, 0.15) is 0 Å². The van der Waals surface area contributed by atoms with Crippen LogP contribution in [0, 0.1) is 0 Å². The van der Waals surface area contributed by atoms with E-state index in [0.29, 0.717) is 0 Å². The first-order valence-electron chi connectivity index (χ1n) is 13.6. The summed E-state index contributed by atoms with van der Waals surface area (Å²) < 4.78 is 42.9. The summed E-state index contributed by atoms with van der Waals surface area (Å²) in [7, 11) is 0. The van der Waals surface area contributed by atoms with Crippen molar-refractivity contribution in [1.29, 1.82) is 0 Å². The van der Waals surface area contributed by atoms with Gasteiger partial charge in [0, 0.05) is 12.1 Å². The summed E-state index contributed by atoms with van der Waals surface area (Å²) in [5.74, 6) is 0.950. The van der Waals surface area contributed by atoms with Crippen LogP contribution in [-0.4, -0.2) is 46.8 Å². The van der Waals surface area contributed by atoms with E-state index >= 15 is 0 Å². The molecule has 0 amide bonds. The lowest BCUT2D eigenvalue weighted by Crippen LogP contribution is -2.15. The lowest BCUT2D eigenvalue weighted by Gasteiger charge is -2.27. The van der Waals surface area contributed by atoms with Crippen LogP contribution in [0.5, 0.6) is 57.5 Å². The Morgan fingerprint density at radius 3 is 0.897 bits per heavy atom. The highest BCUT2D eigenvalue weighted by Crippen LogP contribution is 2.57. The summed E-state index contributed by atoms with van der Waals surface area (Å²) in [6.07, 6.45) is -1.65. The van der Waals surface area contributed by atoms with Gasteiger partial charge in [-0.25, -0.2) is 0 Å². The maximum absolute atomic E-state index is 10.9. The highest BCUT2D eigenvalue weighted by atomic mass is 16.6. The highest BCUT2D eigenvalue weighted by molar-refractivity contribution is 5.70. The molecule has 0 fully saturated rings. The molecule has 0 atom stereocenters. The van der Waals surface area contributed by atoms with Crippen LogP contribution in [0.25, 0.3) is 0 Å². The van der Waals surface area contributed by atoms with E-state index in [1.165, 1.54) is 12.1 Å². The normalized spacial score (nSPS) is 11.6. The maximum Gasteiger partial charge on any atom is 0.215 e. The lowest BCUT2D eigenvalue weighted by atomic mass is 10.2. The van der Waals surface area contributed by atoms with Gasteiger partial charge in [-0.1, -0.05) is 0 Å². The molecule has 0 aliphatic carbocycles. The zero-order valence-corrected chi connectivity index (χ0v) is 25.4. The van der Waals surface area contributed by atoms with Gasteiger partial charge in [-0.3, -0.25) is 0 Å². The van der Waals surface area contributed by atoms with E-state index in [1.54, 1.807) is 0 Å². The van der Waals surface area contributed by atoms with Gasteiger partial charge < -0.3 is 43.4 Å². The van der Waals surface area contributed by atoms with E-state index < -0.39 is 0 Å². The Balaban J connectivity index is 2.99. The van der Waals surface area contributed by atoms with Crippen molar-refractivity contribution < 1.29 is 43.4 Å². The molecular weight excluding hydrogens is 504 g/mol.